The molecule has 1 aliphatic heterocycles. The number of aromatic nitrogens is 1. The molecular formula is C17H20N2O4S. The van der Waals surface area contributed by atoms with Gasteiger partial charge in [0.2, 0.25) is 0 Å². The van der Waals surface area contributed by atoms with E-state index in [4.69, 9.17) is 0 Å². The molecule has 1 aliphatic rings. The fourth-order valence-corrected chi connectivity index (χ4v) is 4.98. The molecule has 1 aromatic carbocycles. The van der Waals surface area contributed by atoms with E-state index < -0.39 is 22.0 Å². The Kier molecular flexibility index (Phi) is 4.23. The lowest BCUT2D eigenvalue weighted by atomic mass is 10.1. The monoisotopic (exact) mass is 348 g/mol. The number of likely N-dealkylation sites (N-methyl/N-ethyl adjacent to an activating group) is 1. The Morgan fingerprint density at radius 1 is 1.17 bits per heavy atom. The second-order valence-electron chi connectivity index (χ2n) is 6.16. The topological polar surface area (TPSA) is 79.6 Å². The van der Waals surface area contributed by atoms with E-state index in [9.17, 15) is 18.3 Å². The van der Waals surface area contributed by atoms with Gasteiger partial charge in [-0.15, -0.1) is 0 Å². The van der Waals surface area contributed by atoms with Crippen molar-refractivity contribution in [2.45, 2.75) is 12.1 Å². The highest BCUT2D eigenvalue weighted by atomic mass is 32.2. The van der Waals surface area contributed by atoms with Crippen molar-refractivity contribution in [1.29, 1.82) is 0 Å². The summed E-state index contributed by atoms with van der Waals surface area (Å²) in [5.41, 5.74) is 2.34. The summed E-state index contributed by atoms with van der Waals surface area (Å²) in [7, 11) is 0.0269. The number of hydrogen-bond acceptors (Lipinski definition) is 4. The summed E-state index contributed by atoms with van der Waals surface area (Å²) in [5, 5.41) is 9.96. The van der Waals surface area contributed by atoms with Gasteiger partial charge < -0.3 is 14.6 Å². The number of carbonyl (C=O) groups is 1. The third-order valence-corrected chi connectivity index (χ3v) is 6.22. The number of hydrogen-bond donors (Lipinski definition) is 1. The Hall–Kier alpha value is -2.12. The molecule has 1 aromatic heterocycles. The molecule has 3 rings (SSSR count). The van der Waals surface area contributed by atoms with Crippen LogP contribution >= 0.6 is 0 Å². The average Bonchev–Trinajstić information content (AvgIpc) is 3.05. The molecule has 0 bridgehead atoms. The highest BCUT2D eigenvalue weighted by Gasteiger charge is 2.40. The number of amides is 1. The summed E-state index contributed by atoms with van der Waals surface area (Å²) >= 11 is 0. The van der Waals surface area contributed by atoms with Gasteiger partial charge >= 0.3 is 0 Å². The van der Waals surface area contributed by atoms with Crippen LogP contribution < -0.4 is 0 Å². The van der Waals surface area contributed by atoms with E-state index in [-0.39, 0.29) is 17.4 Å². The first-order valence-corrected chi connectivity index (χ1v) is 9.49. The number of aliphatic hydroxyl groups is 1. The first-order chi connectivity index (χ1) is 11.3. The predicted molar refractivity (Wildman–Crippen MR) is 91.4 cm³/mol. The zero-order valence-electron chi connectivity index (χ0n) is 13.6. The molecule has 0 spiro atoms. The van der Waals surface area contributed by atoms with Crippen LogP contribution in [0.2, 0.25) is 0 Å². The van der Waals surface area contributed by atoms with Crippen LogP contribution in [0.25, 0.3) is 11.3 Å². The van der Waals surface area contributed by atoms with Crippen LogP contribution in [0.15, 0.2) is 42.5 Å². The van der Waals surface area contributed by atoms with Gasteiger partial charge in [-0.3, -0.25) is 4.79 Å². The van der Waals surface area contributed by atoms with Crippen LogP contribution in [-0.2, 0) is 16.9 Å². The smallest absolute Gasteiger partial charge is 0.270 e. The largest absolute Gasteiger partial charge is 0.390 e. The summed E-state index contributed by atoms with van der Waals surface area (Å²) in [6, 6.07) is 12.6. The van der Waals surface area contributed by atoms with Crippen molar-refractivity contribution >= 4 is 15.7 Å². The minimum Gasteiger partial charge on any atom is -0.390 e. The van der Waals surface area contributed by atoms with Gasteiger partial charge in [-0.05, 0) is 17.7 Å². The van der Waals surface area contributed by atoms with Gasteiger partial charge in [0, 0.05) is 19.8 Å². The van der Waals surface area contributed by atoms with Crippen LogP contribution in [-0.4, -0.2) is 59.6 Å². The maximum absolute atomic E-state index is 12.8. The van der Waals surface area contributed by atoms with Gasteiger partial charge in [-0.25, -0.2) is 8.42 Å². The molecule has 0 radical (unpaired) electrons. The first kappa shape index (κ1) is 16.7. The quantitative estimate of drug-likeness (QED) is 0.895. The van der Waals surface area contributed by atoms with E-state index in [1.165, 1.54) is 11.9 Å². The van der Waals surface area contributed by atoms with Gasteiger partial charge in [0.15, 0.2) is 9.84 Å². The number of benzene rings is 1. The molecule has 2 atom stereocenters. The number of carbonyl (C=O) groups excluding carboxylic acids is 1. The predicted octanol–water partition coefficient (Wildman–Crippen LogP) is 0.922. The van der Waals surface area contributed by atoms with Gasteiger partial charge in [-0.1, -0.05) is 30.3 Å². The van der Waals surface area contributed by atoms with Crippen molar-refractivity contribution in [1.82, 2.24) is 9.47 Å². The van der Waals surface area contributed by atoms with Gasteiger partial charge in [0.1, 0.15) is 5.69 Å². The second-order valence-corrected chi connectivity index (χ2v) is 8.31. The fraction of sp³-hybridized carbons (Fsp3) is 0.353. The molecule has 0 aliphatic carbocycles. The number of sulfone groups is 1. The van der Waals surface area contributed by atoms with Gasteiger partial charge in [-0.2, -0.15) is 0 Å². The molecule has 128 valence electrons. The van der Waals surface area contributed by atoms with Crippen LogP contribution in [0, 0.1) is 0 Å². The average molecular weight is 348 g/mol. The number of nitrogens with zero attached hydrogens (tertiary/aromatic N) is 2. The van der Waals surface area contributed by atoms with E-state index in [1.807, 2.05) is 36.4 Å². The molecule has 6 nitrogen and oxygen atoms in total. The Bertz CT molecular complexity index is 858. The molecule has 2 heterocycles. The van der Waals surface area contributed by atoms with Crippen molar-refractivity contribution in [3.8, 4) is 11.3 Å². The first-order valence-electron chi connectivity index (χ1n) is 7.67. The van der Waals surface area contributed by atoms with Crippen LogP contribution in [0.5, 0.6) is 0 Å². The van der Waals surface area contributed by atoms with E-state index in [0.717, 1.165) is 11.3 Å². The fourth-order valence-electron chi connectivity index (χ4n) is 3.14. The molecule has 1 N–H and O–H groups in total. The SMILES string of the molecule is CN(C(=O)c1ccc(-c2ccccc2)n1C)[C@@H]1CS(=O)(=O)C[C@H]1O. The normalized spacial score (nSPS) is 22.5. The number of rotatable bonds is 3. The Labute approximate surface area is 141 Å². The zero-order chi connectivity index (χ0) is 17.5. The van der Waals surface area contributed by atoms with Crippen molar-refractivity contribution in [2.24, 2.45) is 7.05 Å². The second kappa shape index (κ2) is 6.07. The summed E-state index contributed by atoms with van der Waals surface area (Å²) in [6.07, 6.45) is -1.04. The molecule has 24 heavy (non-hydrogen) atoms. The van der Waals surface area contributed by atoms with E-state index in [1.54, 1.807) is 17.7 Å². The zero-order valence-corrected chi connectivity index (χ0v) is 14.4. The molecule has 0 saturated carbocycles. The Morgan fingerprint density at radius 3 is 2.42 bits per heavy atom. The minimum absolute atomic E-state index is 0.202. The van der Waals surface area contributed by atoms with Crippen LogP contribution in [0.4, 0.5) is 0 Å². The Balaban J connectivity index is 1.87. The van der Waals surface area contributed by atoms with Gasteiger partial charge in [0.25, 0.3) is 5.91 Å². The summed E-state index contributed by atoms with van der Waals surface area (Å²) in [5.74, 6) is -0.801. The summed E-state index contributed by atoms with van der Waals surface area (Å²) in [6.45, 7) is 0. The lowest BCUT2D eigenvalue weighted by Gasteiger charge is -2.26. The molecule has 7 heteroatoms. The van der Waals surface area contributed by atoms with E-state index >= 15 is 0 Å². The van der Waals surface area contributed by atoms with Crippen molar-refractivity contribution in [3.63, 3.8) is 0 Å². The third-order valence-electron chi connectivity index (χ3n) is 4.52. The van der Waals surface area contributed by atoms with E-state index in [0.29, 0.717) is 5.69 Å². The molecule has 1 fully saturated rings. The van der Waals surface area contributed by atoms with E-state index in [2.05, 4.69) is 0 Å². The highest BCUT2D eigenvalue weighted by Crippen LogP contribution is 2.24. The number of aliphatic hydroxyl groups excluding tert-OH is 1. The van der Waals surface area contributed by atoms with Crippen LogP contribution in [0.1, 0.15) is 10.5 Å². The lowest BCUT2D eigenvalue weighted by Crippen LogP contribution is -2.44. The molecule has 1 saturated heterocycles. The van der Waals surface area contributed by atoms with Gasteiger partial charge in [0.05, 0.1) is 23.7 Å². The maximum Gasteiger partial charge on any atom is 0.270 e. The summed E-state index contributed by atoms with van der Waals surface area (Å²) < 4.78 is 25.1. The molecule has 1 amide bonds. The maximum atomic E-state index is 12.8. The molecular weight excluding hydrogens is 328 g/mol. The third kappa shape index (κ3) is 2.97. The lowest BCUT2D eigenvalue weighted by molar-refractivity contribution is 0.0572. The van der Waals surface area contributed by atoms with Crippen molar-refractivity contribution in [3.05, 3.63) is 48.2 Å². The van der Waals surface area contributed by atoms with Crippen LogP contribution in [0.3, 0.4) is 0 Å². The van der Waals surface area contributed by atoms with Crippen molar-refractivity contribution in [2.75, 3.05) is 18.6 Å². The summed E-state index contributed by atoms with van der Waals surface area (Å²) in [4.78, 5) is 14.1. The highest BCUT2D eigenvalue weighted by molar-refractivity contribution is 7.91. The minimum atomic E-state index is -3.30. The molecule has 2 aromatic rings. The Morgan fingerprint density at radius 2 is 1.83 bits per heavy atom. The standard InChI is InChI=1S/C17H20N2O4S/c1-18-13(12-6-4-3-5-7-12)8-9-14(18)17(21)19(2)15-10-24(22,23)11-16(15)20/h3-9,15-16,20H,10-11H2,1-2H3/t15-,16-/m1/s1. The van der Waals surface area contributed by atoms with Crippen molar-refractivity contribution < 1.29 is 18.3 Å². The molecule has 0 unspecified atom stereocenters.